The fraction of sp³-hybridized carbons (Fsp3) is 0.115. The molecule has 3 aromatic carbocycles. The summed E-state index contributed by atoms with van der Waals surface area (Å²) in [5.74, 6) is -1.22. The summed E-state index contributed by atoms with van der Waals surface area (Å²) >= 11 is 0. The van der Waals surface area contributed by atoms with Crippen LogP contribution in [0.25, 0.3) is 27.8 Å². The molecule has 1 aliphatic heterocycles. The Morgan fingerprint density at radius 1 is 1.00 bits per heavy atom. The lowest BCUT2D eigenvalue weighted by molar-refractivity contribution is -0.143. The van der Waals surface area contributed by atoms with Gasteiger partial charge in [-0.1, -0.05) is 54.6 Å². The van der Waals surface area contributed by atoms with E-state index in [1.807, 2.05) is 42.6 Å². The number of hydrogen-bond donors (Lipinski definition) is 1. The molecule has 0 radical (unpaired) electrons. The monoisotopic (exact) mass is 439 g/mol. The molecule has 1 aromatic heterocycles. The molecule has 0 spiro atoms. The normalized spacial score (nSPS) is 14.9. The van der Waals surface area contributed by atoms with E-state index in [9.17, 15) is 14.4 Å². The first-order valence-corrected chi connectivity index (χ1v) is 10.5. The topological polar surface area (TPSA) is 80.6 Å². The van der Waals surface area contributed by atoms with Crippen molar-refractivity contribution < 1.29 is 19.1 Å². The standard InChI is InChI=1S/C26H21N3O4/c1-33-24(30)16-29-25(31)22(27-26(29)32)13-20-15-28(23-9-5-4-8-21(20)23)14-17-10-11-18-6-2-3-7-19(18)12-17/h2-13,15H,14,16H2,1H3,(H,27,32)/b22-13+. The van der Waals surface area contributed by atoms with Gasteiger partial charge in [0.2, 0.25) is 0 Å². The van der Waals surface area contributed by atoms with Crippen molar-refractivity contribution in [1.82, 2.24) is 14.8 Å². The number of hydrogen-bond acceptors (Lipinski definition) is 4. The summed E-state index contributed by atoms with van der Waals surface area (Å²) in [6, 6.07) is 21.9. The Bertz CT molecular complexity index is 1450. The second-order valence-electron chi connectivity index (χ2n) is 7.87. The van der Waals surface area contributed by atoms with Crippen molar-refractivity contribution in [2.75, 3.05) is 13.7 Å². The molecular weight excluding hydrogens is 418 g/mol. The number of esters is 1. The first-order valence-electron chi connectivity index (χ1n) is 10.5. The largest absolute Gasteiger partial charge is 0.468 e. The van der Waals surface area contributed by atoms with E-state index in [1.54, 1.807) is 6.08 Å². The van der Waals surface area contributed by atoms with Gasteiger partial charge in [0.1, 0.15) is 12.2 Å². The molecule has 4 aromatic rings. The van der Waals surface area contributed by atoms with Gasteiger partial charge in [-0.25, -0.2) is 9.69 Å². The number of para-hydroxylation sites is 1. The number of amides is 3. The van der Waals surface area contributed by atoms with Crippen LogP contribution in [0.4, 0.5) is 4.79 Å². The van der Waals surface area contributed by atoms with Crippen LogP contribution < -0.4 is 5.32 Å². The van der Waals surface area contributed by atoms with Crippen LogP contribution in [0.5, 0.6) is 0 Å². The van der Waals surface area contributed by atoms with E-state index in [2.05, 4.69) is 45.0 Å². The number of urea groups is 1. The Morgan fingerprint density at radius 2 is 1.76 bits per heavy atom. The maximum absolute atomic E-state index is 12.7. The lowest BCUT2D eigenvalue weighted by Crippen LogP contribution is -2.36. The van der Waals surface area contributed by atoms with Gasteiger partial charge in [-0.15, -0.1) is 0 Å². The summed E-state index contributed by atoms with van der Waals surface area (Å²) in [7, 11) is 1.21. The van der Waals surface area contributed by atoms with Gasteiger partial charge < -0.3 is 14.6 Å². The van der Waals surface area contributed by atoms with Crippen molar-refractivity contribution in [2.24, 2.45) is 0 Å². The van der Waals surface area contributed by atoms with Crippen LogP contribution in [0, 0.1) is 0 Å². The molecule has 2 heterocycles. The summed E-state index contributed by atoms with van der Waals surface area (Å²) in [5, 5.41) is 5.88. The second-order valence-corrected chi connectivity index (χ2v) is 7.87. The van der Waals surface area contributed by atoms with Crippen LogP contribution in [0.3, 0.4) is 0 Å². The summed E-state index contributed by atoms with van der Waals surface area (Å²) in [6.45, 7) is 0.228. The molecule has 7 nitrogen and oxygen atoms in total. The molecule has 3 amide bonds. The number of imide groups is 1. The van der Waals surface area contributed by atoms with Gasteiger partial charge in [-0.2, -0.15) is 0 Å². The molecule has 0 saturated carbocycles. The molecule has 7 heteroatoms. The Labute approximate surface area is 189 Å². The van der Waals surface area contributed by atoms with E-state index in [0.717, 1.165) is 26.9 Å². The molecule has 1 saturated heterocycles. The van der Waals surface area contributed by atoms with Crippen molar-refractivity contribution in [3.63, 3.8) is 0 Å². The lowest BCUT2D eigenvalue weighted by atomic mass is 10.1. The fourth-order valence-corrected chi connectivity index (χ4v) is 4.12. The Balaban J connectivity index is 1.49. The minimum absolute atomic E-state index is 0.123. The average Bonchev–Trinajstić information content (AvgIpc) is 3.31. The van der Waals surface area contributed by atoms with Crippen LogP contribution >= 0.6 is 0 Å². The third-order valence-electron chi connectivity index (χ3n) is 5.76. The predicted molar refractivity (Wildman–Crippen MR) is 125 cm³/mol. The number of carbonyl (C=O) groups excluding carboxylic acids is 3. The van der Waals surface area contributed by atoms with Crippen molar-refractivity contribution in [2.45, 2.75) is 6.54 Å². The van der Waals surface area contributed by atoms with Gasteiger partial charge in [0.05, 0.1) is 7.11 Å². The summed E-state index contributed by atoms with van der Waals surface area (Å²) < 4.78 is 6.70. The number of rotatable bonds is 5. The van der Waals surface area contributed by atoms with E-state index in [1.165, 1.54) is 17.9 Å². The quantitative estimate of drug-likeness (QED) is 0.291. The molecule has 1 N–H and O–H groups in total. The highest BCUT2D eigenvalue weighted by Crippen LogP contribution is 2.26. The molecule has 1 aliphatic rings. The minimum atomic E-state index is -0.660. The number of nitrogens with zero attached hydrogens (tertiary/aromatic N) is 2. The Kier molecular flexibility index (Phi) is 5.14. The zero-order valence-corrected chi connectivity index (χ0v) is 17.9. The van der Waals surface area contributed by atoms with Gasteiger partial charge in [0.25, 0.3) is 5.91 Å². The maximum Gasteiger partial charge on any atom is 0.329 e. The first kappa shape index (κ1) is 20.5. The molecule has 33 heavy (non-hydrogen) atoms. The van der Waals surface area contributed by atoms with Crippen molar-refractivity contribution in [1.29, 1.82) is 0 Å². The highest BCUT2D eigenvalue weighted by Gasteiger charge is 2.35. The number of ether oxygens (including phenoxy) is 1. The molecule has 1 fully saturated rings. The molecule has 0 unspecified atom stereocenters. The third-order valence-corrected chi connectivity index (χ3v) is 5.76. The Hall–Kier alpha value is -4.39. The predicted octanol–water partition coefficient (Wildman–Crippen LogP) is 3.91. The van der Waals surface area contributed by atoms with Gasteiger partial charge in [-0.05, 0) is 34.5 Å². The van der Waals surface area contributed by atoms with E-state index in [4.69, 9.17) is 0 Å². The van der Waals surface area contributed by atoms with E-state index < -0.39 is 24.5 Å². The van der Waals surface area contributed by atoms with E-state index >= 15 is 0 Å². The van der Waals surface area contributed by atoms with Gasteiger partial charge in [-0.3, -0.25) is 9.59 Å². The number of fused-ring (bicyclic) bond motifs is 2. The highest BCUT2D eigenvalue weighted by atomic mass is 16.5. The molecule has 0 aliphatic carbocycles. The van der Waals surface area contributed by atoms with Gasteiger partial charge >= 0.3 is 12.0 Å². The number of benzene rings is 3. The molecule has 0 atom stereocenters. The molecular formula is C26H21N3O4. The zero-order valence-electron chi connectivity index (χ0n) is 17.9. The fourth-order valence-electron chi connectivity index (χ4n) is 4.12. The third kappa shape index (κ3) is 3.85. The van der Waals surface area contributed by atoms with E-state index in [-0.39, 0.29) is 5.70 Å². The van der Waals surface area contributed by atoms with Crippen molar-refractivity contribution in [3.05, 3.63) is 89.8 Å². The maximum atomic E-state index is 12.7. The Morgan fingerprint density at radius 3 is 2.58 bits per heavy atom. The summed E-state index contributed by atoms with van der Waals surface area (Å²) in [4.78, 5) is 37.3. The number of carbonyl (C=O) groups is 3. The average molecular weight is 439 g/mol. The van der Waals surface area contributed by atoms with Crippen LogP contribution in [0.2, 0.25) is 0 Å². The summed E-state index contributed by atoms with van der Waals surface area (Å²) in [6.07, 6.45) is 3.62. The molecule has 5 rings (SSSR count). The smallest absolute Gasteiger partial charge is 0.329 e. The molecule has 164 valence electrons. The second kappa shape index (κ2) is 8.27. The summed E-state index contributed by atoms with van der Waals surface area (Å²) in [5.41, 5.74) is 3.09. The molecule has 0 bridgehead atoms. The number of methoxy groups -OCH3 is 1. The van der Waals surface area contributed by atoms with Crippen molar-refractivity contribution in [3.8, 4) is 0 Å². The van der Waals surface area contributed by atoms with Crippen molar-refractivity contribution >= 4 is 45.7 Å². The zero-order chi connectivity index (χ0) is 22.9. The SMILES string of the molecule is COC(=O)CN1C(=O)N/C(=C/c2cn(Cc3ccc4ccccc4c3)c3ccccc23)C1=O. The lowest BCUT2D eigenvalue weighted by Gasteiger charge is -2.08. The van der Waals surface area contributed by atoms with Crippen LogP contribution in [-0.2, 0) is 20.9 Å². The van der Waals surface area contributed by atoms with Gasteiger partial charge in [0, 0.05) is 29.2 Å². The highest BCUT2D eigenvalue weighted by molar-refractivity contribution is 6.15. The van der Waals surface area contributed by atoms with Gasteiger partial charge in [0.15, 0.2) is 0 Å². The number of aromatic nitrogens is 1. The van der Waals surface area contributed by atoms with Crippen LogP contribution in [0.15, 0.2) is 78.6 Å². The van der Waals surface area contributed by atoms with E-state index in [0.29, 0.717) is 6.54 Å². The minimum Gasteiger partial charge on any atom is -0.468 e. The number of nitrogens with one attached hydrogen (secondary N) is 1. The van der Waals surface area contributed by atoms with Crippen LogP contribution in [-0.4, -0.2) is 41.0 Å². The first-order chi connectivity index (χ1) is 16.0. The van der Waals surface area contributed by atoms with Crippen LogP contribution in [0.1, 0.15) is 11.1 Å².